The van der Waals surface area contributed by atoms with Crippen LogP contribution in [0.1, 0.15) is 49.9 Å². The number of sulfonamides is 1. The molecule has 2 aliphatic heterocycles. The zero-order valence-corrected chi connectivity index (χ0v) is 16.5. The molecular formula is C19H29N3O3S. The van der Waals surface area contributed by atoms with Gasteiger partial charge in [-0.05, 0) is 70.5 Å². The third-order valence-corrected chi connectivity index (χ3v) is 7.28. The number of nitrogens with zero attached hydrogens (tertiary/aromatic N) is 2. The second kappa shape index (κ2) is 7.56. The van der Waals surface area contributed by atoms with Gasteiger partial charge in [0.25, 0.3) is 5.91 Å². The number of likely N-dealkylation sites (tertiary alicyclic amines) is 1. The molecule has 0 unspecified atom stereocenters. The highest BCUT2D eigenvalue weighted by atomic mass is 32.2. The second-order valence-electron chi connectivity index (χ2n) is 7.83. The van der Waals surface area contributed by atoms with E-state index in [0.29, 0.717) is 30.8 Å². The Kier molecular flexibility index (Phi) is 5.58. The SMILES string of the molecule is CC(C)(CNC(=O)c1ccc(N2CCCS2(=O)=O)cc1)N1CCCCC1. The van der Waals surface area contributed by atoms with Gasteiger partial charge in [-0.2, -0.15) is 0 Å². The summed E-state index contributed by atoms with van der Waals surface area (Å²) >= 11 is 0. The van der Waals surface area contributed by atoms with Crippen LogP contribution in [0.15, 0.2) is 24.3 Å². The van der Waals surface area contributed by atoms with Gasteiger partial charge in [0.05, 0.1) is 11.4 Å². The molecule has 7 heteroatoms. The molecule has 2 aliphatic rings. The molecule has 1 amide bonds. The maximum absolute atomic E-state index is 12.5. The summed E-state index contributed by atoms with van der Waals surface area (Å²) in [5.41, 5.74) is 1.12. The number of carbonyl (C=O) groups excluding carboxylic acids is 1. The van der Waals surface area contributed by atoms with Gasteiger partial charge in [-0.1, -0.05) is 6.42 Å². The van der Waals surface area contributed by atoms with Crippen molar-refractivity contribution in [2.75, 3.05) is 36.2 Å². The fraction of sp³-hybridized carbons (Fsp3) is 0.632. The van der Waals surface area contributed by atoms with Gasteiger partial charge >= 0.3 is 0 Å². The molecule has 144 valence electrons. The highest BCUT2D eigenvalue weighted by Gasteiger charge is 2.29. The molecule has 2 saturated heterocycles. The van der Waals surface area contributed by atoms with Crippen molar-refractivity contribution in [1.29, 1.82) is 0 Å². The van der Waals surface area contributed by atoms with Crippen LogP contribution in [0.25, 0.3) is 0 Å². The van der Waals surface area contributed by atoms with E-state index in [2.05, 4.69) is 24.1 Å². The number of piperidine rings is 1. The Hall–Kier alpha value is -1.60. The molecule has 0 radical (unpaired) electrons. The van der Waals surface area contributed by atoms with Gasteiger partial charge in [0.2, 0.25) is 10.0 Å². The monoisotopic (exact) mass is 379 g/mol. The normalized spacial score (nSPS) is 20.9. The molecule has 1 aromatic rings. The highest BCUT2D eigenvalue weighted by Crippen LogP contribution is 2.24. The fourth-order valence-electron chi connectivity index (χ4n) is 3.72. The standard InChI is InChI=1S/C19H29N3O3S/c1-19(2,21-11-4-3-5-12-21)15-20-18(23)16-7-9-17(10-8-16)22-13-6-14-26(22,24)25/h7-10H,3-6,11-15H2,1-2H3,(H,20,23). The number of hydrogen-bond donors (Lipinski definition) is 1. The number of hydrogen-bond acceptors (Lipinski definition) is 4. The Bertz CT molecular complexity index is 738. The van der Waals surface area contributed by atoms with Crippen LogP contribution < -0.4 is 9.62 Å². The van der Waals surface area contributed by atoms with Gasteiger partial charge in [-0.3, -0.25) is 14.0 Å². The van der Waals surface area contributed by atoms with Crippen molar-refractivity contribution in [2.45, 2.75) is 45.1 Å². The Morgan fingerprint density at radius 1 is 1.04 bits per heavy atom. The smallest absolute Gasteiger partial charge is 0.251 e. The number of benzene rings is 1. The van der Waals surface area contributed by atoms with Crippen LogP contribution in [0, 0.1) is 0 Å². The van der Waals surface area contributed by atoms with Crippen molar-refractivity contribution < 1.29 is 13.2 Å². The molecule has 0 saturated carbocycles. The Morgan fingerprint density at radius 3 is 2.27 bits per heavy atom. The molecule has 26 heavy (non-hydrogen) atoms. The van der Waals surface area contributed by atoms with Crippen LogP contribution >= 0.6 is 0 Å². The number of nitrogens with one attached hydrogen (secondary N) is 1. The van der Waals surface area contributed by atoms with Gasteiger partial charge in [-0.15, -0.1) is 0 Å². The lowest BCUT2D eigenvalue weighted by atomic mass is 9.98. The predicted molar refractivity (Wildman–Crippen MR) is 104 cm³/mol. The average molecular weight is 380 g/mol. The quantitative estimate of drug-likeness (QED) is 0.852. The average Bonchev–Trinajstić information content (AvgIpc) is 3.00. The maximum atomic E-state index is 12.5. The minimum absolute atomic E-state index is 0.0698. The van der Waals surface area contributed by atoms with Crippen molar-refractivity contribution in [1.82, 2.24) is 10.2 Å². The summed E-state index contributed by atoms with van der Waals surface area (Å²) in [6, 6.07) is 6.83. The van der Waals surface area contributed by atoms with Crippen LogP contribution in [-0.4, -0.2) is 56.7 Å². The van der Waals surface area contributed by atoms with Crippen LogP contribution in [0.5, 0.6) is 0 Å². The van der Waals surface area contributed by atoms with E-state index in [4.69, 9.17) is 0 Å². The number of carbonyl (C=O) groups is 1. The first-order valence-corrected chi connectivity index (χ1v) is 11.0. The Balaban J connectivity index is 1.60. The van der Waals surface area contributed by atoms with Crippen molar-refractivity contribution in [3.63, 3.8) is 0 Å². The molecule has 1 N–H and O–H groups in total. The molecular weight excluding hydrogens is 350 g/mol. The molecule has 0 aliphatic carbocycles. The fourth-order valence-corrected chi connectivity index (χ4v) is 5.28. The van der Waals surface area contributed by atoms with Gasteiger partial charge < -0.3 is 5.32 Å². The van der Waals surface area contributed by atoms with E-state index in [9.17, 15) is 13.2 Å². The van der Waals surface area contributed by atoms with Gasteiger partial charge in [0, 0.05) is 24.2 Å². The molecule has 0 bridgehead atoms. The summed E-state index contributed by atoms with van der Waals surface area (Å²) in [5, 5.41) is 3.03. The van der Waals surface area contributed by atoms with Crippen molar-refractivity contribution in [3.8, 4) is 0 Å². The van der Waals surface area contributed by atoms with Crippen LogP contribution in [0.4, 0.5) is 5.69 Å². The molecule has 2 heterocycles. The van der Waals surface area contributed by atoms with E-state index in [1.54, 1.807) is 24.3 Å². The van der Waals surface area contributed by atoms with Gasteiger partial charge in [0.15, 0.2) is 0 Å². The molecule has 0 atom stereocenters. The third-order valence-electron chi connectivity index (χ3n) is 5.41. The number of anilines is 1. The molecule has 0 spiro atoms. The molecule has 6 nitrogen and oxygen atoms in total. The minimum Gasteiger partial charge on any atom is -0.350 e. The van der Waals surface area contributed by atoms with Gasteiger partial charge in [-0.25, -0.2) is 8.42 Å². The molecule has 3 rings (SSSR count). The molecule has 2 fully saturated rings. The minimum atomic E-state index is -3.19. The first-order chi connectivity index (χ1) is 12.3. The lowest BCUT2D eigenvalue weighted by molar-refractivity contribution is 0.0797. The van der Waals surface area contributed by atoms with Crippen LogP contribution in [0.3, 0.4) is 0 Å². The van der Waals surface area contributed by atoms with E-state index < -0.39 is 10.0 Å². The molecule has 1 aromatic carbocycles. The van der Waals surface area contributed by atoms with Crippen molar-refractivity contribution in [3.05, 3.63) is 29.8 Å². The first-order valence-electron chi connectivity index (χ1n) is 9.43. The first kappa shape index (κ1) is 19.2. The van der Waals surface area contributed by atoms with Crippen molar-refractivity contribution in [2.24, 2.45) is 0 Å². The lowest BCUT2D eigenvalue weighted by Gasteiger charge is -2.41. The van der Waals surface area contributed by atoms with Crippen LogP contribution in [0.2, 0.25) is 0 Å². The molecule has 0 aromatic heterocycles. The zero-order valence-electron chi connectivity index (χ0n) is 15.7. The van der Waals surface area contributed by atoms with Crippen molar-refractivity contribution >= 4 is 21.6 Å². The van der Waals surface area contributed by atoms with Crippen LogP contribution in [-0.2, 0) is 10.0 Å². The third kappa shape index (κ3) is 4.20. The van der Waals surface area contributed by atoms with E-state index >= 15 is 0 Å². The summed E-state index contributed by atoms with van der Waals surface area (Å²) in [5.74, 6) is 0.0757. The zero-order chi connectivity index (χ0) is 18.8. The summed E-state index contributed by atoms with van der Waals surface area (Å²) in [7, 11) is -3.19. The number of rotatable bonds is 5. The summed E-state index contributed by atoms with van der Waals surface area (Å²) in [6.07, 6.45) is 4.38. The topological polar surface area (TPSA) is 69.7 Å². The Labute approximate surface area is 156 Å². The highest BCUT2D eigenvalue weighted by molar-refractivity contribution is 7.93. The van der Waals surface area contributed by atoms with Gasteiger partial charge in [0.1, 0.15) is 0 Å². The maximum Gasteiger partial charge on any atom is 0.251 e. The van der Waals surface area contributed by atoms with E-state index in [-0.39, 0.29) is 17.2 Å². The summed E-state index contributed by atoms with van der Waals surface area (Å²) in [4.78, 5) is 14.9. The van der Waals surface area contributed by atoms with E-state index in [1.165, 1.54) is 23.6 Å². The largest absolute Gasteiger partial charge is 0.350 e. The number of amides is 1. The van der Waals surface area contributed by atoms with E-state index in [1.807, 2.05) is 0 Å². The summed E-state index contributed by atoms with van der Waals surface area (Å²) < 4.78 is 25.4. The predicted octanol–water partition coefficient (Wildman–Crippen LogP) is 2.22. The second-order valence-corrected chi connectivity index (χ2v) is 9.84. The van der Waals surface area contributed by atoms with E-state index in [0.717, 1.165) is 13.1 Å². The lowest BCUT2D eigenvalue weighted by Crippen LogP contribution is -2.53. The summed E-state index contributed by atoms with van der Waals surface area (Å²) in [6.45, 7) is 7.61. The Morgan fingerprint density at radius 2 is 1.69 bits per heavy atom.